The van der Waals surface area contributed by atoms with Crippen molar-refractivity contribution in [3.63, 3.8) is 0 Å². The van der Waals surface area contributed by atoms with Gasteiger partial charge in [0.1, 0.15) is 11.6 Å². The van der Waals surface area contributed by atoms with E-state index in [-0.39, 0.29) is 50.1 Å². The Bertz CT molecular complexity index is 1650. The first-order valence-electron chi connectivity index (χ1n) is 14.7. The van der Waals surface area contributed by atoms with E-state index in [1.807, 2.05) is 30.3 Å². The zero-order valence-corrected chi connectivity index (χ0v) is 23.7. The summed E-state index contributed by atoms with van der Waals surface area (Å²) in [6.45, 7) is 0.105. The minimum atomic E-state index is -2.70. The van der Waals surface area contributed by atoms with Crippen molar-refractivity contribution >= 4 is 34.6 Å². The van der Waals surface area contributed by atoms with Gasteiger partial charge in [-0.1, -0.05) is 12.1 Å². The number of benzene rings is 2. The summed E-state index contributed by atoms with van der Waals surface area (Å²) in [6, 6.07) is 16.6. The van der Waals surface area contributed by atoms with Gasteiger partial charge in [0.25, 0.3) is 11.8 Å². The van der Waals surface area contributed by atoms with Gasteiger partial charge in [0.15, 0.2) is 17.1 Å². The largest absolute Gasteiger partial charge is 0.486 e. The first-order chi connectivity index (χ1) is 20.7. The van der Waals surface area contributed by atoms with Crippen molar-refractivity contribution in [1.82, 2.24) is 9.88 Å². The molecule has 0 unspecified atom stereocenters. The van der Waals surface area contributed by atoms with Gasteiger partial charge in [-0.25, -0.2) is 13.8 Å². The number of nitrogen functional groups attached to an aromatic ring is 1. The van der Waals surface area contributed by atoms with Crippen LogP contribution in [-0.2, 0) is 11.2 Å². The van der Waals surface area contributed by atoms with Crippen LogP contribution >= 0.6 is 0 Å². The van der Waals surface area contributed by atoms with Gasteiger partial charge in [0.05, 0.1) is 6.10 Å². The second kappa shape index (κ2) is 12.0. The van der Waals surface area contributed by atoms with Crippen LogP contribution in [0.2, 0.25) is 0 Å². The van der Waals surface area contributed by atoms with E-state index >= 15 is 0 Å². The molecule has 43 heavy (non-hydrogen) atoms. The molecule has 1 aliphatic heterocycles. The van der Waals surface area contributed by atoms with Crippen molar-refractivity contribution in [2.75, 3.05) is 18.8 Å². The summed E-state index contributed by atoms with van der Waals surface area (Å²) < 4.78 is 39.6. The molecule has 2 aromatic heterocycles. The van der Waals surface area contributed by atoms with Crippen molar-refractivity contribution < 1.29 is 27.5 Å². The average Bonchev–Trinajstić information content (AvgIpc) is 3.40. The lowest BCUT2D eigenvalue weighted by Crippen LogP contribution is -2.42. The number of ether oxygens (including phenoxy) is 1. The van der Waals surface area contributed by atoms with Crippen molar-refractivity contribution in [2.45, 2.75) is 57.0 Å². The Morgan fingerprint density at radius 3 is 2.49 bits per heavy atom. The molecule has 222 valence electrons. The molecule has 7 nitrogen and oxygen atoms in total. The van der Waals surface area contributed by atoms with Crippen LogP contribution in [-0.4, -0.2) is 46.7 Å². The minimum absolute atomic E-state index is 0.0307. The number of aryl methyl sites for hydroxylation is 1. The number of hydrogen-bond acceptors (Lipinski definition) is 6. The van der Waals surface area contributed by atoms with Gasteiger partial charge in [-0.2, -0.15) is 0 Å². The number of nitrogens with zero attached hydrogens (tertiary/aromatic N) is 2. The molecule has 4 aromatic rings. The number of pyridine rings is 1. The third-order valence-corrected chi connectivity index (χ3v) is 8.12. The molecule has 0 spiro atoms. The van der Waals surface area contributed by atoms with Gasteiger partial charge in [-0.15, -0.1) is 0 Å². The van der Waals surface area contributed by atoms with Gasteiger partial charge >= 0.3 is 0 Å². The molecule has 0 radical (unpaired) electrons. The summed E-state index contributed by atoms with van der Waals surface area (Å²) in [4.78, 5) is 30.9. The molecule has 2 N–H and O–H groups in total. The highest BCUT2D eigenvalue weighted by Gasteiger charge is 2.35. The van der Waals surface area contributed by atoms with E-state index in [4.69, 9.17) is 14.9 Å². The lowest BCUT2D eigenvalue weighted by Gasteiger charge is -2.31. The fourth-order valence-electron chi connectivity index (χ4n) is 5.28. The van der Waals surface area contributed by atoms with Crippen molar-refractivity contribution in [3.8, 4) is 16.9 Å². The molecule has 2 aromatic carbocycles. The highest BCUT2D eigenvalue weighted by atomic mass is 19.3. The Kier molecular flexibility index (Phi) is 7.97. The van der Waals surface area contributed by atoms with Crippen LogP contribution in [0.4, 0.5) is 14.6 Å². The summed E-state index contributed by atoms with van der Waals surface area (Å²) in [6.07, 6.45) is 8.22. The highest BCUT2D eigenvalue weighted by molar-refractivity contribution is 5.96. The summed E-state index contributed by atoms with van der Waals surface area (Å²) in [5.74, 6) is -1.20. The van der Waals surface area contributed by atoms with Gasteiger partial charge in [-0.3, -0.25) is 9.59 Å². The minimum Gasteiger partial charge on any atom is -0.486 e. The van der Waals surface area contributed by atoms with Gasteiger partial charge in [0.2, 0.25) is 0 Å². The topological polar surface area (TPSA) is 98.7 Å². The van der Waals surface area contributed by atoms with E-state index in [2.05, 4.69) is 4.98 Å². The molecule has 1 saturated heterocycles. The van der Waals surface area contributed by atoms with E-state index in [0.717, 1.165) is 41.3 Å². The molecule has 1 amide bonds. The zero-order chi connectivity index (χ0) is 30.0. The van der Waals surface area contributed by atoms with Crippen LogP contribution in [0.1, 0.15) is 60.2 Å². The number of alkyl halides is 2. The third-order valence-electron chi connectivity index (χ3n) is 8.12. The predicted molar refractivity (Wildman–Crippen MR) is 161 cm³/mol. The SMILES string of the molecule is Nc1ccc(/C=C/C(=O)CCc2cc3cc(-c4ccc(C(=O)N5CCC(F)(F)CC5)cc4)cc(OC4CCC4)c3o2)cn1. The average molecular weight is 586 g/mol. The maximum atomic E-state index is 13.5. The number of anilines is 1. The fourth-order valence-corrected chi connectivity index (χ4v) is 5.28. The number of furan rings is 1. The number of amides is 1. The molecule has 9 heteroatoms. The third kappa shape index (κ3) is 6.77. The Morgan fingerprint density at radius 2 is 1.81 bits per heavy atom. The van der Waals surface area contributed by atoms with Gasteiger partial charge < -0.3 is 19.8 Å². The number of carbonyl (C=O) groups excluding carboxylic acids is 2. The predicted octanol–water partition coefficient (Wildman–Crippen LogP) is 7.09. The number of likely N-dealkylation sites (tertiary alicyclic amines) is 1. The molecule has 0 atom stereocenters. The van der Waals surface area contributed by atoms with Crippen LogP contribution in [0.5, 0.6) is 5.75 Å². The van der Waals surface area contributed by atoms with E-state index in [9.17, 15) is 18.4 Å². The summed E-state index contributed by atoms with van der Waals surface area (Å²) >= 11 is 0. The summed E-state index contributed by atoms with van der Waals surface area (Å²) in [5, 5.41) is 0.868. The van der Waals surface area contributed by atoms with Crippen LogP contribution < -0.4 is 10.5 Å². The second-order valence-electron chi connectivity index (χ2n) is 11.3. The highest BCUT2D eigenvalue weighted by Crippen LogP contribution is 2.38. The van der Waals surface area contributed by atoms with Gasteiger partial charge in [-0.05, 0) is 90.6 Å². The Labute approximate surface area is 248 Å². The Hall–Kier alpha value is -4.53. The number of rotatable bonds is 9. The van der Waals surface area contributed by atoms with Crippen LogP contribution in [0.3, 0.4) is 0 Å². The number of allylic oxidation sites excluding steroid dienone is 1. The molecular formula is C34H33F2N3O4. The van der Waals surface area contributed by atoms with Crippen LogP contribution in [0, 0.1) is 0 Å². The lowest BCUT2D eigenvalue weighted by atomic mass is 9.96. The second-order valence-corrected chi connectivity index (χ2v) is 11.3. The molecule has 3 heterocycles. The van der Waals surface area contributed by atoms with Crippen molar-refractivity contribution in [3.05, 3.63) is 83.8 Å². The lowest BCUT2D eigenvalue weighted by molar-refractivity contribution is -0.114. The first kappa shape index (κ1) is 28.6. The number of nitrogens with two attached hydrogens (primary N) is 1. The van der Waals surface area contributed by atoms with Crippen LogP contribution in [0.25, 0.3) is 28.2 Å². The maximum absolute atomic E-state index is 13.5. The first-order valence-corrected chi connectivity index (χ1v) is 14.7. The standard InChI is InChI=1S/C34H33F2N3O4/c35-34(36)14-16-39(17-15-34)33(41)24-8-6-23(7-9-24)25-18-26-19-29(43-32(26)30(20-25)42-28-2-1-3-28)12-11-27(40)10-4-22-5-13-31(37)38-21-22/h4-10,13,18-21,28H,1-3,11-12,14-17H2,(H2,37,38)/b10-4+. The van der Waals surface area contributed by atoms with E-state index in [1.54, 1.807) is 36.5 Å². The number of piperidine rings is 1. The molecular weight excluding hydrogens is 552 g/mol. The monoisotopic (exact) mass is 585 g/mol. The Morgan fingerprint density at radius 1 is 1.05 bits per heavy atom. The molecule has 6 rings (SSSR count). The Balaban J connectivity index is 1.18. The van der Waals surface area contributed by atoms with Crippen molar-refractivity contribution in [2.24, 2.45) is 0 Å². The number of fused-ring (bicyclic) bond motifs is 1. The fraction of sp³-hybridized carbons (Fsp3) is 0.324. The summed E-state index contributed by atoms with van der Waals surface area (Å²) in [7, 11) is 0. The molecule has 1 saturated carbocycles. The normalized spacial score (nSPS) is 16.8. The number of hydrogen-bond donors (Lipinski definition) is 1. The molecule has 0 bridgehead atoms. The van der Waals surface area contributed by atoms with Crippen molar-refractivity contribution in [1.29, 1.82) is 0 Å². The van der Waals surface area contributed by atoms with Gasteiger partial charge in [0, 0.05) is 55.9 Å². The maximum Gasteiger partial charge on any atom is 0.253 e. The van der Waals surface area contributed by atoms with Crippen LogP contribution in [0.15, 0.2) is 71.3 Å². The van der Waals surface area contributed by atoms with E-state index in [0.29, 0.717) is 34.9 Å². The quantitative estimate of drug-likeness (QED) is 0.211. The number of halogens is 2. The molecule has 1 aliphatic carbocycles. The van der Waals surface area contributed by atoms with E-state index in [1.165, 1.54) is 11.0 Å². The summed E-state index contributed by atoms with van der Waals surface area (Å²) in [5.41, 5.74) is 9.32. The van der Waals surface area contributed by atoms with E-state index < -0.39 is 5.92 Å². The molecule has 2 aliphatic rings. The number of carbonyl (C=O) groups is 2. The molecule has 2 fully saturated rings. The smallest absolute Gasteiger partial charge is 0.253 e. The number of aromatic nitrogens is 1. The zero-order valence-electron chi connectivity index (χ0n) is 23.7. The number of ketones is 1.